The minimum Gasteiger partial charge on any atom is -0.458 e. The van der Waals surface area contributed by atoms with Gasteiger partial charge in [0, 0.05) is 22.9 Å². The second kappa shape index (κ2) is 10.1. The lowest BCUT2D eigenvalue weighted by Crippen LogP contribution is -2.31. The molecule has 3 aromatic rings. The molecule has 3 unspecified atom stereocenters. The molecule has 1 saturated heterocycles. The molecule has 0 amide bonds. The van der Waals surface area contributed by atoms with Gasteiger partial charge in [-0.3, -0.25) is 9.78 Å². The van der Waals surface area contributed by atoms with E-state index in [0.717, 1.165) is 39.7 Å². The maximum atomic E-state index is 14.6. The number of hydrogen-bond acceptors (Lipinski definition) is 4. The second-order valence-electron chi connectivity index (χ2n) is 9.48. The van der Waals surface area contributed by atoms with Crippen molar-refractivity contribution in [3.8, 4) is 11.1 Å². The summed E-state index contributed by atoms with van der Waals surface area (Å²) in [6, 6.07) is 13.3. The first-order valence-electron chi connectivity index (χ1n) is 12.1. The highest BCUT2D eigenvalue weighted by molar-refractivity contribution is 5.99. The summed E-state index contributed by atoms with van der Waals surface area (Å²) >= 11 is 0. The number of nitrogens with zero attached hydrogens (tertiary/aromatic N) is 1. The standard InChI is InChI=1S/C29H32FNO3/c1-5-18(4)29-23(12-11-21-15-20(32)16-27(33)34-21)28(22-8-6-7-9-26(22)31-29)19-10-13-25(30)24(14-19)17(2)3/h6-14,17-18,20-21,32H,5,15-16H2,1-4H3/b12-11+. The van der Waals surface area contributed by atoms with Crippen molar-refractivity contribution in [1.82, 2.24) is 4.98 Å². The van der Waals surface area contributed by atoms with E-state index in [4.69, 9.17) is 9.72 Å². The molecule has 1 aromatic heterocycles. The van der Waals surface area contributed by atoms with E-state index in [9.17, 15) is 14.3 Å². The van der Waals surface area contributed by atoms with Crippen LogP contribution < -0.4 is 0 Å². The summed E-state index contributed by atoms with van der Waals surface area (Å²) in [5.41, 5.74) is 5.36. The predicted molar refractivity (Wildman–Crippen MR) is 134 cm³/mol. The molecule has 1 aliphatic rings. The first-order chi connectivity index (χ1) is 16.3. The summed E-state index contributed by atoms with van der Waals surface area (Å²) < 4.78 is 20.0. The molecule has 178 valence electrons. The average molecular weight is 462 g/mol. The number of aliphatic hydroxyl groups is 1. The summed E-state index contributed by atoms with van der Waals surface area (Å²) in [6.45, 7) is 8.25. The van der Waals surface area contributed by atoms with Gasteiger partial charge in [0.15, 0.2) is 0 Å². The van der Waals surface area contributed by atoms with Gasteiger partial charge in [-0.1, -0.05) is 58.0 Å². The molecular formula is C29H32FNO3. The molecular weight excluding hydrogens is 429 g/mol. The molecule has 34 heavy (non-hydrogen) atoms. The topological polar surface area (TPSA) is 59.4 Å². The number of rotatable bonds is 6. The van der Waals surface area contributed by atoms with E-state index < -0.39 is 18.2 Å². The number of benzene rings is 2. The third-order valence-electron chi connectivity index (χ3n) is 6.61. The zero-order chi connectivity index (χ0) is 24.4. The van der Waals surface area contributed by atoms with E-state index in [1.54, 1.807) is 0 Å². The van der Waals surface area contributed by atoms with Crippen LogP contribution in [0.1, 0.15) is 75.6 Å². The number of pyridine rings is 1. The van der Waals surface area contributed by atoms with Crippen molar-refractivity contribution in [3.63, 3.8) is 0 Å². The fourth-order valence-electron chi connectivity index (χ4n) is 4.57. The lowest BCUT2D eigenvalue weighted by Gasteiger charge is -2.24. The van der Waals surface area contributed by atoms with Gasteiger partial charge < -0.3 is 9.84 Å². The molecule has 3 atom stereocenters. The van der Waals surface area contributed by atoms with Gasteiger partial charge >= 0.3 is 5.97 Å². The number of aliphatic hydroxyl groups excluding tert-OH is 1. The lowest BCUT2D eigenvalue weighted by atomic mass is 9.87. The van der Waals surface area contributed by atoms with Crippen molar-refractivity contribution in [2.45, 2.75) is 71.0 Å². The van der Waals surface area contributed by atoms with Gasteiger partial charge in [0.1, 0.15) is 11.9 Å². The number of esters is 1. The Balaban J connectivity index is 1.96. The molecule has 2 heterocycles. The highest BCUT2D eigenvalue weighted by Crippen LogP contribution is 2.38. The number of aromatic nitrogens is 1. The van der Waals surface area contributed by atoms with Gasteiger partial charge in [-0.25, -0.2) is 4.39 Å². The van der Waals surface area contributed by atoms with Crippen LogP contribution in [0, 0.1) is 5.82 Å². The van der Waals surface area contributed by atoms with Crippen molar-refractivity contribution in [1.29, 1.82) is 0 Å². The third-order valence-corrected chi connectivity index (χ3v) is 6.61. The van der Waals surface area contributed by atoms with Crippen LogP contribution in [-0.4, -0.2) is 28.3 Å². The number of halogens is 1. The van der Waals surface area contributed by atoms with E-state index in [1.807, 2.05) is 62.4 Å². The predicted octanol–water partition coefficient (Wildman–Crippen LogP) is 6.76. The van der Waals surface area contributed by atoms with Crippen LogP contribution in [0.5, 0.6) is 0 Å². The molecule has 0 spiro atoms. The van der Waals surface area contributed by atoms with Crippen molar-refractivity contribution in [3.05, 3.63) is 71.2 Å². The van der Waals surface area contributed by atoms with Crippen LogP contribution in [0.2, 0.25) is 0 Å². The Bertz CT molecular complexity index is 1230. The Kier molecular flexibility index (Phi) is 7.13. The number of hydrogen-bond donors (Lipinski definition) is 1. The molecule has 4 rings (SSSR count). The van der Waals surface area contributed by atoms with Crippen molar-refractivity contribution in [2.24, 2.45) is 0 Å². The van der Waals surface area contributed by atoms with E-state index in [-0.39, 0.29) is 24.1 Å². The number of carbonyl (C=O) groups excluding carboxylic acids is 1. The molecule has 0 aliphatic carbocycles. The number of cyclic esters (lactones) is 1. The van der Waals surface area contributed by atoms with Gasteiger partial charge in [-0.2, -0.15) is 0 Å². The molecule has 5 heteroatoms. The van der Waals surface area contributed by atoms with Crippen LogP contribution in [0.3, 0.4) is 0 Å². The van der Waals surface area contributed by atoms with Gasteiger partial charge in [0.2, 0.25) is 0 Å². The van der Waals surface area contributed by atoms with E-state index in [1.165, 1.54) is 6.07 Å². The van der Waals surface area contributed by atoms with Gasteiger partial charge in [0.05, 0.1) is 23.7 Å². The molecule has 2 aromatic carbocycles. The first kappa shape index (κ1) is 24.1. The number of carbonyl (C=O) groups is 1. The van der Waals surface area contributed by atoms with E-state index in [0.29, 0.717) is 12.0 Å². The van der Waals surface area contributed by atoms with Crippen LogP contribution >= 0.6 is 0 Å². The Morgan fingerprint density at radius 3 is 2.68 bits per heavy atom. The quantitative estimate of drug-likeness (QED) is 0.412. The molecule has 1 fully saturated rings. The minimum atomic E-state index is -0.704. The van der Waals surface area contributed by atoms with Gasteiger partial charge in [-0.15, -0.1) is 0 Å². The third kappa shape index (κ3) is 4.90. The highest BCUT2D eigenvalue weighted by Gasteiger charge is 2.26. The Hall–Kier alpha value is -3.05. The maximum Gasteiger partial charge on any atom is 0.309 e. The summed E-state index contributed by atoms with van der Waals surface area (Å²) in [7, 11) is 0. The number of fused-ring (bicyclic) bond motifs is 1. The molecule has 1 aliphatic heterocycles. The Labute approximate surface area is 200 Å². The largest absolute Gasteiger partial charge is 0.458 e. The molecule has 0 bridgehead atoms. The zero-order valence-electron chi connectivity index (χ0n) is 20.2. The number of para-hydroxylation sites is 1. The highest BCUT2D eigenvalue weighted by atomic mass is 19.1. The average Bonchev–Trinajstić information content (AvgIpc) is 2.81. The summed E-state index contributed by atoms with van der Waals surface area (Å²) in [5, 5.41) is 11.0. The van der Waals surface area contributed by atoms with Crippen LogP contribution in [0.25, 0.3) is 28.1 Å². The van der Waals surface area contributed by atoms with Gasteiger partial charge in [-0.05, 0) is 53.7 Å². The van der Waals surface area contributed by atoms with Crippen LogP contribution in [0.4, 0.5) is 4.39 Å². The first-order valence-corrected chi connectivity index (χ1v) is 12.1. The zero-order valence-corrected chi connectivity index (χ0v) is 20.2. The fraction of sp³-hybridized carbons (Fsp3) is 0.379. The lowest BCUT2D eigenvalue weighted by molar-refractivity contribution is -0.156. The summed E-state index contributed by atoms with van der Waals surface area (Å²) in [4.78, 5) is 16.9. The van der Waals surface area contributed by atoms with Crippen LogP contribution in [-0.2, 0) is 9.53 Å². The second-order valence-corrected chi connectivity index (χ2v) is 9.48. The van der Waals surface area contributed by atoms with Crippen molar-refractivity contribution >= 4 is 22.9 Å². The van der Waals surface area contributed by atoms with Crippen LogP contribution in [0.15, 0.2) is 48.5 Å². The monoisotopic (exact) mass is 461 g/mol. The maximum absolute atomic E-state index is 14.6. The minimum absolute atomic E-state index is 0.0266. The number of ether oxygens (including phenoxy) is 1. The van der Waals surface area contributed by atoms with E-state index >= 15 is 0 Å². The fourth-order valence-corrected chi connectivity index (χ4v) is 4.57. The summed E-state index contributed by atoms with van der Waals surface area (Å²) in [6.07, 6.45) is 3.90. The van der Waals surface area contributed by atoms with Crippen molar-refractivity contribution in [2.75, 3.05) is 0 Å². The molecule has 4 nitrogen and oxygen atoms in total. The molecule has 0 radical (unpaired) electrons. The van der Waals surface area contributed by atoms with Crippen molar-refractivity contribution < 1.29 is 19.0 Å². The summed E-state index contributed by atoms with van der Waals surface area (Å²) in [5.74, 6) is -0.372. The Morgan fingerprint density at radius 1 is 1.21 bits per heavy atom. The molecule has 1 N–H and O–H groups in total. The van der Waals surface area contributed by atoms with E-state index in [2.05, 4.69) is 13.8 Å². The smallest absolute Gasteiger partial charge is 0.309 e. The Morgan fingerprint density at radius 2 is 1.97 bits per heavy atom. The van der Waals surface area contributed by atoms with Gasteiger partial charge in [0.25, 0.3) is 0 Å². The molecule has 0 saturated carbocycles. The normalized spacial score (nSPS) is 19.7. The SMILES string of the molecule is CCC(C)c1nc2ccccc2c(-c2ccc(F)c(C(C)C)c2)c1/C=C/C1CC(O)CC(=O)O1.